The quantitative estimate of drug-likeness (QED) is 0.676. The van der Waals surface area contributed by atoms with Gasteiger partial charge in [0.15, 0.2) is 0 Å². The molecule has 0 unspecified atom stereocenters. The van der Waals surface area contributed by atoms with Gasteiger partial charge < -0.3 is 15.1 Å². The summed E-state index contributed by atoms with van der Waals surface area (Å²) in [6.45, 7) is 8.53. The van der Waals surface area contributed by atoms with Crippen LogP contribution in [0.2, 0.25) is 0 Å². The van der Waals surface area contributed by atoms with Crippen LogP contribution in [-0.4, -0.2) is 86.6 Å². The molecule has 17 heavy (non-hydrogen) atoms. The number of carbonyl (C=O) groups is 1. The van der Waals surface area contributed by atoms with E-state index < -0.39 is 0 Å². The predicted octanol–water partition coefficient (Wildman–Crippen LogP) is -0.944. The van der Waals surface area contributed by atoms with Gasteiger partial charge in [-0.15, -0.1) is 0 Å². The molecule has 2 aliphatic rings. The Morgan fingerprint density at radius 1 is 1.06 bits per heavy atom. The van der Waals surface area contributed by atoms with Crippen molar-refractivity contribution in [1.82, 2.24) is 20.0 Å². The van der Waals surface area contributed by atoms with Crippen molar-refractivity contribution in [2.45, 2.75) is 6.42 Å². The third-order valence-corrected chi connectivity index (χ3v) is 3.64. The van der Waals surface area contributed by atoms with Crippen LogP contribution in [0, 0.1) is 0 Å². The highest BCUT2D eigenvalue weighted by atomic mass is 16.2. The summed E-state index contributed by atoms with van der Waals surface area (Å²) in [6.07, 6.45) is 1.17. The van der Waals surface area contributed by atoms with E-state index >= 15 is 0 Å². The van der Waals surface area contributed by atoms with Crippen LogP contribution < -0.4 is 5.32 Å². The van der Waals surface area contributed by atoms with Gasteiger partial charge in [-0.2, -0.15) is 0 Å². The first-order valence-electron chi connectivity index (χ1n) is 6.65. The van der Waals surface area contributed by atoms with E-state index in [4.69, 9.17) is 0 Å². The molecule has 1 N–H and O–H groups in total. The number of rotatable bonds is 2. The third-order valence-electron chi connectivity index (χ3n) is 3.64. The highest BCUT2D eigenvalue weighted by Crippen LogP contribution is 2.02. The van der Waals surface area contributed by atoms with E-state index in [1.807, 2.05) is 4.90 Å². The number of nitrogens with one attached hydrogen (secondary N) is 1. The van der Waals surface area contributed by atoms with E-state index in [0.29, 0.717) is 12.5 Å². The molecule has 2 aliphatic heterocycles. The van der Waals surface area contributed by atoms with Crippen LogP contribution in [0.25, 0.3) is 0 Å². The average Bonchev–Trinajstić information content (AvgIpc) is 2.56. The number of carbonyl (C=O) groups excluding carboxylic acids is 1. The molecule has 2 heterocycles. The molecule has 0 saturated carbocycles. The second-order valence-electron chi connectivity index (χ2n) is 5.06. The van der Waals surface area contributed by atoms with E-state index in [2.05, 4.69) is 22.2 Å². The Morgan fingerprint density at radius 3 is 2.59 bits per heavy atom. The summed E-state index contributed by atoms with van der Waals surface area (Å²) >= 11 is 0. The molecule has 0 aromatic carbocycles. The summed E-state index contributed by atoms with van der Waals surface area (Å²) in [6, 6.07) is 0. The predicted molar refractivity (Wildman–Crippen MR) is 68.0 cm³/mol. The summed E-state index contributed by atoms with van der Waals surface area (Å²) in [5.41, 5.74) is 0. The van der Waals surface area contributed by atoms with Crippen LogP contribution in [0.4, 0.5) is 0 Å². The number of likely N-dealkylation sites (N-methyl/N-ethyl adjacent to an activating group) is 1. The minimum Gasteiger partial charge on any atom is -0.339 e. The van der Waals surface area contributed by atoms with Crippen molar-refractivity contribution < 1.29 is 4.79 Å². The molecule has 5 heteroatoms. The first-order valence-corrected chi connectivity index (χ1v) is 6.65. The van der Waals surface area contributed by atoms with Crippen LogP contribution in [0.1, 0.15) is 6.42 Å². The number of nitrogens with zero attached hydrogens (tertiary/aromatic N) is 3. The largest absolute Gasteiger partial charge is 0.339 e. The lowest BCUT2D eigenvalue weighted by atomic mass is 10.3. The number of piperazine rings is 1. The van der Waals surface area contributed by atoms with E-state index in [-0.39, 0.29) is 0 Å². The topological polar surface area (TPSA) is 38.8 Å². The van der Waals surface area contributed by atoms with Crippen LogP contribution in [-0.2, 0) is 4.79 Å². The zero-order chi connectivity index (χ0) is 12.1. The van der Waals surface area contributed by atoms with Crippen LogP contribution in [0.5, 0.6) is 0 Å². The van der Waals surface area contributed by atoms with Crippen molar-refractivity contribution in [2.75, 3.05) is 66.0 Å². The molecular weight excluding hydrogens is 216 g/mol. The van der Waals surface area contributed by atoms with Gasteiger partial charge in [-0.1, -0.05) is 0 Å². The molecule has 0 radical (unpaired) electrons. The van der Waals surface area contributed by atoms with Gasteiger partial charge in [-0.05, 0) is 26.6 Å². The Bertz CT molecular complexity index is 253. The van der Waals surface area contributed by atoms with Crippen molar-refractivity contribution >= 4 is 5.91 Å². The van der Waals surface area contributed by atoms with Crippen LogP contribution >= 0.6 is 0 Å². The Labute approximate surface area is 104 Å². The summed E-state index contributed by atoms with van der Waals surface area (Å²) in [7, 11) is 2.15. The molecule has 98 valence electrons. The Hall–Kier alpha value is -0.650. The number of amides is 1. The minimum absolute atomic E-state index is 0.302. The molecule has 2 fully saturated rings. The van der Waals surface area contributed by atoms with Crippen molar-refractivity contribution in [3.05, 3.63) is 0 Å². The maximum atomic E-state index is 12.1. The van der Waals surface area contributed by atoms with Gasteiger partial charge in [-0.25, -0.2) is 0 Å². The molecule has 0 aromatic rings. The third kappa shape index (κ3) is 3.94. The fourth-order valence-electron chi connectivity index (χ4n) is 2.46. The average molecular weight is 240 g/mol. The van der Waals surface area contributed by atoms with Gasteiger partial charge in [0, 0.05) is 39.3 Å². The summed E-state index contributed by atoms with van der Waals surface area (Å²) in [5.74, 6) is 0.302. The highest BCUT2D eigenvalue weighted by Gasteiger charge is 2.20. The van der Waals surface area contributed by atoms with Gasteiger partial charge in [0.05, 0.1) is 6.54 Å². The van der Waals surface area contributed by atoms with Gasteiger partial charge in [0.25, 0.3) is 0 Å². The van der Waals surface area contributed by atoms with E-state index in [1.165, 1.54) is 6.42 Å². The normalized spacial score (nSPS) is 24.6. The lowest BCUT2D eigenvalue weighted by Crippen LogP contribution is -2.49. The van der Waals surface area contributed by atoms with E-state index in [0.717, 1.165) is 52.4 Å². The summed E-state index contributed by atoms with van der Waals surface area (Å²) in [4.78, 5) is 18.7. The highest BCUT2D eigenvalue weighted by molar-refractivity contribution is 5.78. The van der Waals surface area contributed by atoms with Gasteiger partial charge in [0.2, 0.25) is 5.91 Å². The zero-order valence-electron chi connectivity index (χ0n) is 10.8. The standard InChI is InChI=1S/C12H24N4O/c1-14-5-2-6-15(10-9-14)11-12(17)16-7-3-13-4-8-16/h13H,2-11H2,1H3. The van der Waals surface area contributed by atoms with Gasteiger partial charge in [0.1, 0.15) is 0 Å². The first kappa shape index (κ1) is 12.8. The van der Waals surface area contributed by atoms with Crippen molar-refractivity contribution in [1.29, 1.82) is 0 Å². The van der Waals surface area contributed by atoms with Crippen molar-refractivity contribution in [2.24, 2.45) is 0 Å². The SMILES string of the molecule is CN1CCCN(CC(=O)N2CCNCC2)CC1. The van der Waals surface area contributed by atoms with Crippen molar-refractivity contribution in [3.63, 3.8) is 0 Å². The van der Waals surface area contributed by atoms with Crippen molar-refractivity contribution in [3.8, 4) is 0 Å². The Morgan fingerprint density at radius 2 is 1.82 bits per heavy atom. The van der Waals surface area contributed by atoms with Gasteiger partial charge in [-0.3, -0.25) is 9.69 Å². The van der Waals surface area contributed by atoms with Gasteiger partial charge >= 0.3 is 0 Å². The smallest absolute Gasteiger partial charge is 0.236 e. The first-order chi connectivity index (χ1) is 8.25. The molecule has 1 amide bonds. The fraction of sp³-hybridized carbons (Fsp3) is 0.917. The second-order valence-corrected chi connectivity index (χ2v) is 5.06. The molecule has 0 atom stereocenters. The summed E-state index contributed by atoms with van der Waals surface area (Å²) < 4.78 is 0. The van der Waals surface area contributed by atoms with E-state index in [9.17, 15) is 4.79 Å². The molecule has 0 bridgehead atoms. The molecule has 0 aromatic heterocycles. The molecule has 0 aliphatic carbocycles. The Kier molecular flexibility index (Phi) is 4.76. The minimum atomic E-state index is 0.302. The fourth-order valence-corrected chi connectivity index (χ4v) is 2.46. The summed E-state index contributed by atoms with van der Waals surface area (Å²) in [5, 5.41) is 3.27. The maximum Gasteiger partial charge on any atom is 0.236 e. The molecule has 2 rings (SSSR count). The number of hydrogen-bond donors (Lipinski definition) is 1. The molecule has 2 saturated heterocycles. The molecular formula is C12H24N4O. The van der Waals surface area contributed by atoms with Crippen LogP contribution in [0.3, 0.4) is 0 Å². The monoisotopic (exact) mass is 240 g/mol. The van der Waals surface area contributed by atoms with Crippen LogP contribution in [0.15, 0.2) is 0 Å². The Balaban J connectivity index is 1.76. The molecule has 0 spiro atoms. The lowest BCUT2D eigenvalue weighted by Gasteiger charge is -2.30. The zero-order valence-corrected chi connectivity index (χ0v) is 10.8. The lowest BCUT2D eigenvalue weighted by molar-refractivity contribution is -0.132. The second kappa shape index (κ2) is 6.33. The maximum absolute atomic E-state index is 12.1. The molecule has 5 nitrogen and oxygen atoms in total. The van der Waals surface area contributed by atoms with E-state index in [1.54, 1.807) is 0 Å². The number of hydrogen-bond acceptors (Lipinski definition) is 4.